The Bertz CT molecular complexity index is 592. The third-order valence-corrected chi connectivity index (χ3v) is 4.80. The molecule has 1 fully saturated rings. The molecule has 1 unspecified atom stereocenters. The quantitative estimate of drug-likeness (QED) is 0.684. The van der Waals surface area contributed by atoms with E-state index in [1.54, 1.807) is 0 Å². The van der Waals surface area contributed by atoms with Gasteiger partial charge in [-0.15, -0.1) is 6.58 Å². The molecule has 1 aromatic rings. The molecular formula is C20H24O. The summed E-state index contributed by atoms with van der Waals surface area (Å²) in [5.41, 5.74) is 3.00. The first kappa shape index (κ1) is 14.3. The number of ketones is 1. The van der Waals surface area contributed by atoms with E-state index in [1.165, 1.54) is 18.4 Å². The van der Waals surface area contributed by atoms with E-state index in [4.69, 9.17) is 0 Å². The van der Waals surface area contributed by atoms with Crippen molar-refractivity contribution < 1.29 is 4.79 Å². The van der Waals surface area contributed by atoms with Crippen LogP contribution in [-0.2, 0) is 6.42 Å². The summed E-state index contributed by atoms with van der Waals surface area (Å²) in [6, 6.07) is 8.10. The first-order chi connectivity index (χ1) is 10.1. The van der Waals surface area contributed by atoms with E-state index < -0.39 is 0 Å². The van der Waals surface area contributed by atoms with Gasteiger partial charge in [0.2, 0.25) is 0 Å². The van der Waals surface area contributed by atoms with Crippen molar-refractivity contribution in [1.82, 2.24) is 0 Å². The summed E-state index contributed by atoms with van der Waals surface area (Å²) in [5.74, 6) is 1.10. The minimum atomic E-state index is -0.258. The highest BCUT2D eigenvalue weighted by molar-refractivity contribution is 6.03. The second-order valence-electron chi connectivity index (χ2n) is 6.87. The van der Waals surface area contributed by atoms with Crippen molar-refractivity contribution in [1.29, 1.82) is 0 Å². The van der Waals surface area contributed by atoms with Crippen molar-refractivity contribution in [2.45, 2.75) is 45.4 Å². The normalized spacial score (nSPS) is 25.1. The zero-order valence-electron chi connectivity index (χ0n) is 12.9. The molecule has 2 aliphatic carbocycles. The van der Waals surface area contributed by atoms with Crippen LogP contribution in [0.25, 0.3) is 0 Å². The van der Waals surface area contributed by atoms with Crippen LogP contribution in [-0.4, -0.2) is 5.78 Å². The van der Waals surface area contributed by atoms with Crippen molar-refractivity contribution >= 4 is 5.78 Å². The van der Waals surface area contributed by atoms with E-state index in [0.29, 0.717) is 5.78 Å². The van der Waals surface area contributed by atoms with E-state index in [0.717, 1.165) is 42.7 Å². The van der Waals surface area contributed by atoms with Gasteiger partial charge in [0, 0.05) is 11.0 Å². The molecule has 21 heavy (non-hydrogen) atoms. The summed E-state index contributed by atoms with van der Waals surface area (Å²) in [7, 11) is 0. The molecule has 0 saturated heterocycles. The fourth-order valence-electron chi connectivity index (χ4n) is 3.52. The molecule has 0 heterocycles. The Morgan fingerprint density at radius 1 is 1.38 bits per heavy atom. The molecule has 110 valence electrons. The zero-order valence-corrected chi connectivity index (χ0v) is 12.9. The predicted molar refractivity (Wildman–Crippen MR) is 87.4 cm³/mol. The van der Waals surface area contributed by atoms with Gasteiger partial charge in [0.25, 0.3) is 0 Å². The second kappa shape index (κ2) is 5.63. The van der Waals surface area contributed by atoms with Crippen LogP contribution in [0.3, 0.4) is 0 Å². The molecular weight excluding hydrogens is 256 g/mol. The lowest BCUT2D eigenvalue weighted by atomic mass is 9.65. The largest absolute Gasteiger partial charge is 0.294 e. The fraction of sp³-hybridized carbons (Fsp3) is 0.450. The van der Waals surface area contributed by atoms with E-state index in [1.807, 2.05) is 25.1 Å². The number of carbonyl (C=O) groups excluding carboxylic acids is 1. The molecule has 0 aliphatic heterocycles. The van der Waals surface area contributed by atoms with Gasteiger partial charge in [0.15, 0.2) is 5.78 Å². The average Bonchev–Trinajstić information content (AvgIpc) is 3.27. The summed E-state index contributed by atoms with van der Waals surface area (Å²) in [6.45, 7) is 6.11. The Morgan fingerprint density at radius 3 is 2.86 bits per heavy atom. The Labute approximate surface area is 127 Å². The molecule has 0 amide bonds. The third-order valence-electron chi connectivity index (χ3n) is 4.80. The Kier molecular flexibility index (Phi) is 3.84. The van der Waals surface area contributed by atoms with E-state index in [2.05, 4.69) is 24.8 Å². The summed E-state index contributed by atoms with van der Waals surface area (Å²) in [5, 5.41) is 0. The maximum atomic E-state index is 13.1. The Hall–Kier alpha value is -1.63. The van der Waals surface area contributed by atoms with Crippen LogP contribution >= 0.6 is 0 Å². The first-order valence-electron chi connectivity index (χ1n) is 8.04. The molecule has 0 radical (unpaired) electrons. The third kappa shape index (κ3) is 3.02. The minimum absolute atomic E-state index is 0.258. The standard InChI is InChI=1S/C20H24O/c1-15(2)14-20(12-5-6-16-9-10-16)13-11-17-7-3-4-8-18(17)19(20)21/h3-8,16H,1,9-14H2,2H3/b6-5+. The van der Waals surface area contributed by atoms with Crippen molar-refractivity contribution in [3.8, 4) is 0 Å². The van der Waals surface area contributed by atoms with E-state index >= 15 is 0 Å². The van der Waals surface area contributed by atoms with Crippen molar-refractivity contribution in [2.24, 2.45) is 11.3 Å². The van der Waals surface area contributed by atoms with Crippen LogP contribution in [0.4, 0.5) is 0 Å². The Morgan fingerprint density at radius 2 is 2.14 bits per heavy atom. The molecule has 3 rings (SSSR count). The van der Waals surface area contributed by atoms with Gasteiger partial charge in [-0.2, -0.15) is 0 Å². The van der Waals surface area contributed by atoms with Crippen molar-refractivity contribution in [3.05, 3.63) is 59.7 Å². The molecule has 0 N–H and O–H groups in total. The highest BCUT2D eigenvalue weighted by Gasteiger charge is 2.41. The molecule has 1 nitrogen and oxygen atoms in total. The number of fused-ring (bicyclic) bond motifs is 1. The van der Waals surface area contributed by atoms with Gasteiger partial charge in [-0.3, -0.25) is 4.79 Å². The van der Waals surface area contributed by atoms with Gasteiger partial charge in [-0.1, -0.05) is 42.0 Å². The SMILES string of the molecule is C=C(C)CC1(C/C=C/C2CC2)CCc2ccccc2C1=O. The molecule has 1 heteroatoms. The topological polar surface area (TPSA) is 17.1 Å². The lowest BCUT2D eigenvalue weighted by molar-refractivity contribution is 0.0758. The highest BCUT2D eigenvalue weighted by Crippen LogP contribution is 2.43. The van der Waals surface area contributed by atoms with Gasteiger partial charge in [-0.05, 0) is 56.9 Å². The van der Waals surface area contributed by atoms with E-state index in [-0.39, 0.29) is 5.41 Å². The summed E-state index contributed by atoms with van der Waals surface area (Å²) in [4.78, 5) is 13.1. The van der Waals surface area contributed by atoms with Crippen molar-refractivity contribution in [2.75, 3.05) is 0 Å². The van der Waals surface area contributed by atoms with Crippen LogP contribution in [0, 0.1) is 11.3 Å². The molecule has 1 atom stereocenters. The predicted octanol–water partition coefficient (Wildman–Crippen LogP) is 5.12. The molecule has 0 spiro atoms. The van der Waals surface area contributed by atoms with Crippen molar-refractivity contribution in [3.63, 3.8) is 0 Å². The number of carbonyl (C=O) groups is 1. The molecule has 1 aromatic carbocycles. The number of allylic oxidation sites excluding steroid dienone is 3. The number of rotatable bonds is 5. The lowest BCUT2D eigenvalue weighted by Gasteiger charge is -2.36. The number of hydrogen-bond acceptors (Lipinski definition) is 1. The smallest absolute Gasteiger partial charge is 0.169 e. The van der Waals surface area contributed by atoms with Crippen LogP contribution in [0.15, 0.2) is 48.6 Å². The van der Waals surface area contributed by atoms with Gasteiger partial charge >= 0.3 is 0 Å². The van der Waals surface area contributed by atoms with Crippen LogP contribution in [0.2, 0.25) is 0 Å². The number of aryl methyl sites for hydroxylation is 1. The zero-order chi connectivity index (χ0) is 14.9. The van der Waals surface area contributed by atoms with Gasteiger partial charge in [0.05, 0.1) is 0 Å². The van der Waals surface area contributed by atoms with Gasteiger partial charge in [-0.25, -0.2) is 0 Å². The Balaban J connectivity index is 1.88. The maximum absolute atomic E-state index is 13.1. The summed E-state index contributed by atoms with van der Waals surface area (Å²) in [6.07, 6.45) is 10.8. The van der Waals surface area contributed by atoms with E-state index in [9.17, 15) is 4.79 Å². The molecule has 0 bridgehead atoms. The number of Topliss-reactive ketones (excluding diaryl/α,β-unsaturated/α-hetero) is 1. The first-order valence-corrected chi connectivity index (χ1v) is 8.04. The number of hydrogen-bond donors (Lipinski definition) is 0. The molecule has 2 aliphatic rings. The molecule has 1 saturated carbocycles. The monoisotopic (exact) mass is 280 g/mol. The lowest BCUT2D eigenvalue weighted by Crippen LogP contribution is -2.36. The van der Waals surface area contributed by atoms with Crippen LogP contribution < -0.4 is 0 Å². The molecule has 0 aromatic heterocycles. The number of benzene rings is 1. The fourth-order valence-corrected chi connectivity index (χ4v) is 3.52. The second-order valence-corrected chi connectivity index (χ2v) is 6.87. The van der Waals surface area contributed by atoms with Gasteiger partial charge < -0.3 is 0 Å². The van der Waals surface area contributed by atoms with Gasteiger partial charge in [0.1, 0.15) is 0 Å². The summed E-state index contributed by atoms with van der Waals surface area (Å²) >= 11 is 0. The minimum Gasteiger partial charge on any atom is -0.294 e. The highest BCUT2D eigenvalue weighted by atomic mass is 16.1. The summed E-state index contributed by atoms with van der Waals surface area (Å²) < 4.78 is 0. The van der Waals surface area contributed by atoms with Crippen LogP contribution in [0.5, 0.6) is 0 Å². The maximum Gasteiger partial charge on any atom is 0.169 e. The average molecular weight is 280 g/mol. The van der Waals surface area contributed by atoms with Crippen LogP contribution in [0.1, 0.15) is 54.9 Å².